The minimum absolute atomic E-state index is 0.00998. The number of halogens is 2. The van der Waals surface area contributed by atoms with E-state index < -0.39 is 11.6 Å². The van der Waals surface area contributed by atoms with Crippen LogP contribution in [0.2, 0.25) is 0 Å². The van der Waals surface area contributed by atoms with Gasteiger partial charge in [0.05, 0.1) is 25.1 Å². The van der Waals surface area contributed by atoms with Gasteiger partial charge < -0.3 is 51.4 Å². The number of benzene rings is 4. The van der Waals surface area contributed by atoms with Gasteiger partial charge in [-0.05, 0) is 103 Å². The average Bonchev–Trinajstić information content (AvgIpc) is 3.37. The Labute approximate surface area is 407 Å². The Morgan fingerprint density at radius 1 is 0.634 bits per heavy atom. The zero-order valence-electron chi connectivity index (χ0n) is 38.5. The Kier molecular flexibility index (Phi) is 19.9. The summed E-state index contributed by atoms with van der Waals surface area (Å²) in [4.78, 5) is 55.1. The number of ether oxygens (including phenoxy) is 3. The van der Waals surface area contributed by atoms with Crippen LogP contribution >= 0.6 is 0 Å². The van der Waals surface area contributed by atoms with Crippen LogP contribution in [0.1, 0.15) is 17.4 Å². The first kappa shape index (κ1) is 52.2. The molecule has 0 atom stereocenters. The van der Waals surface area contributed by atoms with Gasteiger partial charge in [0.25, 0.3) is 5.91 Å². The molecular weight excluding hydrogens is 917 g/mol. The van der Waals surface area contributed by atoms with Crippen molar-refractivity contribution in [3.05, 3.63) is 170 Å². The Morgan fingerprint density at radius 3 is 1.58 bits per heavy atom. The molecule has 7 aromatic rings. The van der Waals surface area contributed by atoms with E-state index in [4.69, 9.17) is 19.5 Å². The number of methoxy groups -OCH3 is 1. The second kappa shape index (κ2) is 27.1. The van der Waals surface area contributed by atoms with E-state index in [0.717, 1.165) is 18.5 Å². The molecule has 0 saturated carbocycles. The topological polar surface area (TPSA) is 251 Å². The minimum Gasteiger partial charge on any atom is -0.491 e. The van der Waals surface area contributed by atoms with E-state index in [9.17, 15) is 23.2 Å². The summed E-state index contributed by atoms with van der Waals surface area (Å²) in [7, 11) is 3.14. The molecule has 7 N–H and O–H groups in total. The number of amides is 3. The molecule has 0 aliphatic carbocycles. The number of nitrogens with one attached hydrogen (secondary N) is 7. The van der Waals surface area contributed by atoms with Crippen molar-refractivity contribution in [1.29, 1.82) is 5.26 Å². The second-order valence-corrected chi connectivity index (χ2v) is 14.0. The Morgan fingerprint density at radius 2 is 1.11 bits per heavy atom. The molecule has 0 spiro atoms. The molecule has 7 rings (SSSR count). The largest absolute Gasteiger partial charge is 0.491 e. The second-order valence-electron chi connectivity index (χ2n) is 14.0. The lowest BCUT2D eigenvalue weighted by Crippen LogP contribution is -2.18. The molecule has 362 valence electrons. The lowest BCUT2D eigenvalue weighted by atomic mass is 10.2. The van der Waals surface area contributed by atoms with Gasteiger partial charge in [-0.25, -0.2) is 18.7 Å². The molecule has 0 bridgehead atoms. The standard InChI is InChI=1S/C26H22FN7O3.C22H22FN5O3.C2H3N/c1-3-23(35)31-17-5-4-6-18(13-17)32-24-21(27)15-30-26(34-24)33-16-7-9-19(10-8-16)37-20-11-12-29-22(14-20)25(36)28-2;1-3-20(29)25-16-5-4-6-17(13-16)26-21-19(23)14-24-22(28-21)27-15-7-9-18(10-8-15)31-12-11-30-2;1-2-3/h3-15H,1H2,2H3,(H,28,36)(H,31,35)(H2,30,32,33,34);3-10,13-14H,1,11-12H2,2H3,(H,25,29)(H2,24,26,27,28);1H3. The first-order valence-corrected chi connectivity index (χ1v) is 21.1. The summed E-state index contributed by atoms with van der Waals surface area (Å²) >= 11 is 0. The van der Waals surface area contributed by atoms with Crippen molar-refractivity contribution in [2.24, 2.45) is 0 Å². The normalized spacial score (nSPS) is 9.92. The SMILES string of the molecule is C=CC(=O)Nc1cccc(Nc2nc(Nc3ccc(OCCOC)cc3)ncc2F)c1.C=CC(=O)Nc1cccc(Nc2nc(Nc3ccc(Oc4ccnc(C(=O)NC)c4)cc3)ncc2F)c1.CC#N. The van der Waals surface area contributed by atoms with Gasteiger partial charge in [-0.1, -0.05) is 25.3 Å². The van der Waals surface area contributed by atoms with E-state index in [2.05, 4.69) is 75.3 Å². The first-order valence-electron chi connectivity index (χ1n) is 21.1. The zero-order chi connectivity index (χ0) is 51.0. The number of carbonyl (C=O) groups is 3. The van der Waals surface area contributed by atoms with E-state index in [-0.39, 0.29) is 46.9 Å². The molecule has 0 fully saturated rings. The van der Waals surface area contributed by atoms with Gasteiger partial charge in [0, 0.05) is 67.5 Å². The van der Waals surface area contributed by atoms with Gasteiger partial charge >= 0.3 is 0 Å². The monoisotopic (exact) mass is 963 g/mol. The van der Waals surface area contributed by atoms with Crippen molar-refractivity contribution >= 4 is 75.4 Å². The van der Waals surface area contributed by atoms with Crippen molar-refractivity contribution in [2.45, 2.75) is 6.92 Å². The van der Waals surface area contributed by atoms with Gasteiger partial charge in [-0.15, -0.1) is 0 Å². The Hall–Kier alpha value is -9.81. The van der Waals surface area contributed by atoms with E-state index >= 15 is 0 Å². The molecule has 3 amide bonds. The summed E-state index contributed by atoms with van der Waals surface area (Å²) in [6, 6.07) is 32.6. The van der Waals surface area contributed by atoms with Crippen LogP contribution in [-0.2, 0) is 14.3 Å². The Balaban J connectivity index is 0.000000254. The van der Waals surface area contributed by atoms with Gasteiger partial charge in [-0.2, -0.15) is 15.2 Å². The average molecular weight is 964 g/mol. The fourth-order valence-electron chi connectivity index (χ4n) is 5.64. The zero-order valence-corrected chi connectivity index (χ0v) is 38.5. The molecule has 4 aromatic carbocycles. The number of nitriles is 1. The summed E-state index contributed by atoms with van der Waals surface area (Å²) < 4.78 is 44.9. The van der Waals surface area contributed by atoms with Crippen molar-refractivity contribution in [2.75, 3.05) is 59.3 Å². The number of nitrogens with zero attached hydrogens (tertiary/aromatic N) is 6. The lowest BCUT2D eigenvalue weighted by Gasteiger charge is -2.11. The molecule has 19 nitrogen and oxygen atoms in total. The van der Waals surface area contributed by atoms with E-state index in [1.165, 1.54) is 32.3 Å². The van der Waals surface area contributed by atoms with Crippen LogP contribution in [0, 0.1) is 23.0 Å². The van der Waals surface area contributed by atoms with Crippen molar-refractivity contribution in [1.82, 2.24) is 30.2 Å². The van der Waals surface area contributed by atoms with Gasteiger partial charge in [-0.3, -0.25) is 19.4 Å². The van der Waals surface area contributed by atoms with Gasteiger partial charge in [0.15, 0.2) is 23.3 Å². The maximum Gasteiger partial charge on any atom is 0.269 e. The third-order valence-electron chi connectivity index (χ3n) is 8.85. The van der Waals surface area contributed by atoms with Gasteiger partial charge in [0.2, 0.25) is 23.7 Å². The highest BCUT2D eigenvalue weighted by Gasteiger charge is 2.12. The molecule has 3 aromatic heterocycles. The molecule has 0 unspecified atom stereocenters. The van der Waals surface area contributed by atoms with Crippen LogP contribution in [0.5, 0.6) is 17.2 Å². The first-order chi connectivity index (χ1) is 34.4. The van der Waals surface area contributed by atoms with E-state index in [0.29, 0.717) is 64.6 Å². The molecule has 3 heterocycles. The smallest absolute Gasteiger partial charge is 0.269 e. The highest BCUT2D eigenvalue weighted by atomic mass is 19.1. The highest BCUT2D eigenvalue weighted by molar-refractivity contribution is 5.99. The fraction of sp³-hybridized carbons (Fsp3) is 0.100. The molecule has 0 aliphatic heterocycles. The van der Waals surface area contributed by atoms with Gasteiger partial charge in [0.1, 0.15) is 29.5 Å². The predicted octanol–water partition coefficient (Wildman–Crippen LogP) is 9.56. The fourth-order valence-corrected chi connectivity index (χ4v) is 5.64. The quantitative estimate of drug-likeness (QED) is 0.0294. The third kappa shape index (κ3) is 17.1. The molecule has 0 radical (unpaired) electrons. The Bertz CT molecular complexity index is 2970. The number of aromatic nitrogens is 5. The van der Waals surface area contributed by atoms with Crippen LogP contribution in [0.4, 0.5) is 66.4 Å². The summed E-state index contributed by atoms with van der Waals surface area (Å²) in [5.41, 5.74) is 3.71. The molecule has 0 aliphatic rings. The van der Waals surface area contributed by atoms with E-state index in [1.807, 2.05) is 0 Å². The maximum absolute atomic E-state index is 14.4. The van der Waals surface area contributed by atoms with Crippen LogP contribution < -0.4 is 46.7 Å². The van der Waals surface area contributed by atoms with Crippen molar-refractivity contribution < 1.29 is 37.4 Å². The number of rotatable bonds is 19. The molecule has 71 heavy (non-hydrogen) atoms. The summed E-state index contributed by atoms with van der Waals surface area (Å²) in [6.45, 7) is 9.21. The third-order valence-corrected chi connectivity index (χ3v) is 8.85. The number of hydrogen-bond donors (Lipinski definition) is 7. The number of pyridine rings is 1. The molecular formula is C50H47F2N13O6. The molecule has 21 heteroatoms. The van der Waals surface area contributed by atoms with Crippen LogP contribution in [0.15, 0.2) is 153 Å². The van der Waals surface area contributed by atoms with Crippen molar-refractivity contribution in [3.63, 3.8) is 0 Å². The summed E-state index contributed by atoms with van der Waals surface area (Å²) in [6.07, 6.45) is 5.93. The minimum atomic E-state index is -0.650. The van der Waals surface area contributed by atoms with Crippen LogP contribution in [0.3, 0.4) is 0 Å². The highest BCUT2D eigenvalue weighted by Crippen LogP contribution is 2.27. The maximum atomic E-state index is 14.4. The number of carbonyl (C=O) groups excluding carboxylic acids is 3. The van der Waals surface area contributed by atoms with E-state index in [1.54, 1.807) is 116 Å². The predicted molar refractivity (Wildman–Crippen MR) is 267 cm³/mol. The van der Waals surface area contributed by atoms with Crippen molar-refractivity contribution in [3.8, 4) is 23.3 Å². The number of hydrogen-bond acceptors (Lipinski definition) is 16. The van der Waals surface area contributed by atoms with Crippen LogP contribution in [0.25, 0.3) is 0 Å². The lowest BCUT2D eigenvalue weighted by molar-refractivity contribution is -0.112. The molecule has 0 saturated heterocycles. The number of anilines is 10. The van der Waals surface area contributed by atoms with Crippen LogP contribution in [-0.4, -0.2) is 70.0 Å². The summed E-state index contributed by atoms with van der Waals surface area (Å²) in [5, 5.41) is 26.9. The summed E-state index contributed by atoms with van der Waals surface area (Å²) in [5.74, 6) is -0.264.